The van der Waals surface area contributed by atoms with Crippen LogP contribution in [0.3, 0.4) is 0 Å². The lowest BCUT2D eigenvalue weighted by atomic mass is 10.1. The lowest BCUT2D eigenvalue weighted by Crippen LogP contribution is -2.04. The van der Waals surface area contributed by atoms with Crippen LogP contribution in [0.5, 0.6) is 0 Å². The summed E-state index contributed by atoms with van der Waals surface area (Å²) >= 11 is 1.77. The number of nitrogens with one attached hydrogen (secondary N) is 1. The fraction of sp³-hybridized carbons (Fsp3) is 0.333. The number of rotatable bonds is 5. The van der Waals surface area contributed by atoms with Crippen LogP contribution in [0, 0.1) is 6.92 Å². The monoisotopic (exact) mass is 311 g/mol. The maximum absolute atomic E-state index is 4.68. The first-order chi connectivity index (χ1) is 10.7. The Morgan fingerprint density at radius 3 is 2.50 bits per heavy atom. The minimum Gasteiger partial charge on any atom is -0.365 e. The molecule has 2 aromatic heterocycles. The highest BCUT2D eigenvalue weighted by Gasteiger charge is 2.10. The summed E-state index contributed by atoms with van der Waals surface area (Å²) in [6, 6.07) is 10.8. The van der Waals surface area contributed by atoms with Crippen molar-refractivity contribution < 1.29 is 0 Å². The average molecular weight is 311 g/mol. The number of nitrogens with zero attached hydrogens (tertiary/aromatic N) is 2. The summed E-state index contributed by atoms with van der Waals surface area (Å²) in [6.07, 6.45) is 1.90. The number of fused-ring (bicyclic) bond motifs is 1. The fourth-order valence-corrected chi connectivity index (χ4v) is 3.36. The summed E-state index contributed by atoms with van der Waals surface area (Å²) in [5, 5.41) is 4.64. The molecule has 1 aromatic carbocycles. The van der Waals surface area contributed by atoms with Crippen LogP contribution in [0.2, 0.25) is 0 Å². The molecule has 1 N–H and O–H groups in total. The molecule has 0 atom stereocenters. The van der Waals surface area contributed by atoms with Crippen molar-refractivity contribution in [1.29, 1.82) is 0 Å². The molecule has 0 radical (unpaired) electrons. The summed E-state index contributed by atoms with van der Waals surface area (Å²) in [7, 11) is 0. The van der Waals surface area contributed by atoms with Gasteiger partial charge in [0.2, 0.25) is 0 Å². The van der Waals surface area contributed by atoms with Gasteiger partial charge in [0.05, 0.1) is 5.39 Å². The van der Waals surface area contributed by atoms with E-state index in [-0.39, 0.29) is 0 Å². The zero-order valence-corrected chi connectivity index (χ0v) is 14.1. The predicted octanol–water partition coefficient (Wildman–Crippen LogP) is 4.74. The first-order valence-corrected chi connectivity index (χ1v) is 8.60. The SMILES string of the molecule is CCc1nc(NCc2ccc(C)cc2)c2cc(CC)sc2n1. The highest BCUT2D eigenvalue weighted by molar-refractivity contribution is 7.18. The van der Waals surface area contributed by atoms with Gasteiger partial charge in [0.15, 0.2) is 0 Å². The number of anilines is 1. The van der Waals surface area contributed by atoms with Gasteiger partial charge in [-0.05, 0) is 25.0 Å². The van der Waals surface area contributed by atoms with Crippen LogP contribution in [-0.4, -0.2) is 9.97 Å². The van der Waals surface area contributed by atoms with E-state index in [1.165, 1.54) is 16.0 Å². The molecule has 2 heterocycles. The van der Waals surface area contributed by atoms with Gasteiger partial charge in [0, 0.05) is 17.8 Å². The van der Waals surface area contributed by atoms with E-state index in [1.54, 1.807) is 11.3 Å². The summed E-state index contributed by atoms with van der Waals surface area (Å²) in [6.45, 7) is 7.17. The van der Waals surface area contributed by atoms with Crippen LogP contribution in [0.4, 0.5) is 5.82 Å². The van der Waals surface area contributed by atoms with Crippen molar-refractivity contribution in [2.75, 3.05) is 5.32 Å². The predicted molar refractivity (Wildman–Crippen MR) is 94.7 cm³/mol. The molecule has 0 unspecified atom stereocenters. The Balaban J connectivity index is 1.90. The Hall–Kier alpha value is -1.94. The van der Waals surface area contributed by atoms with Crippen LogP contribution in [0.15, 0.2) is 30.3 Å². The molecular weight excluding hydrogens is 290 g/mol. The molecule has 0 fully saturated rings. The van der Waals surface area contributed by atoms with Crippen LogP contribution in [-0.2, 0) is 19.4 Å². The Bertz CT molecular complexity index is 775. The largest absolute Gasteiger partial charge is 0.365 e. The first-order valence-electron chi connectivity index (χ1n) is 7.78. The van der Waals surface area contributed by atoms with E-state index in [9.17, 15) is 0 Å². The third-order valence-corrected chi connectivity index (χ3v) is 4.91. The second-order valence-corrected chi connectivity index (χ2v) is 6.58. The van der Waals surface area contributed by atoms with Crippen LogP contribution in [0.1, 0.15) is 35.7 Å². The van der Waals surface area contributed by atoms with Gasteiger partial charge in [-0.2, -0.15) is 0 Å². The van der Waals surface area contributed by atoms with E-state index in [0.717, 1.165) is 41.2 Å². The molecular formula is C18H21N3S. The van der Waals surface area contributed by atoms with Crippen molar-refractivity contribution in [3.05, 3.63) is 52.2 Å². The van der Waals surface area contributed by atoms with E-state index < -0.39 is 0 Å². The highest BCUT2D eigenvalue weighted by atomic mass is 32.1. The molecule has 114 valence electrons. The molecule has 0 bridgehead atoms. The van der Waals surface area contributed by atoms with Crippen molar-refractivity contribution in [2.24, 2.45) is 0 Å². The Morgan fingerprint density at radius 1 is 1.05 bits per heavy atom. The van der Waals surface area contributed by atoms with E-state index in [4.69, 9.17) is 0 Å². The van der Waals surface area contributed by atoms with Gasteiger partial charge in [-0.15, -0.1) is 11.3 Å². The number of thiophene rings is 1. The number of hydrogen-bond donors (Lipinski definition) is 1. The molecule has 0 aliphatic carbocycles. The maximum Gasteiger partial charge on any atom is 0.138 e. The summed E-state index contributed by atoms with van der Waals surface area (Å²) in [5.41, 5.74) is 2.55. The zero-order valence-electron chi connectivity index (χ0n) is 13.3. The smallest absolute Gasteiger partial charge is 0.138 e. The second-order valence-electron chi connectivity index (χ2n) is 5.47. The molecule has 0 aliphatic heterocycles. The van der Waals surface area contributed by atoms with Gasteiger partial charge in [-0.3, -0.25) is 0 Å². The summed E-state index contributed by atoms with van der Waals surface area (Å²) in [4.78, 5) is 11.8. The molecule has 3 nitrogen and oxygen atoms in total. The average Bonchev–Trinajstić information content (AvgIpc) is 2.97. The van der Waals surface area contributed by atoms with E-state index in [1.807, 2.05) is 0 Å². The Kier molecular flexibility index (Phi) is 4.39. The van der Waals surface area contributed by atoms with Gasteiger partial charge in [0.1, 0.15) is 16.5 Å². The van der Waals surface area contributed by atoms with Gasteiger partial charge in [0.25, 0.3) is 0 Å². The molecule has 3 rings (SSSR count). The van der Waals surface area contributed by atoms with Crippen molar-refractivity contribution >= 4 is 27.4 Å². The molecule has 0 saturated carbocycles. The van der Waals surface area contributed by atoms with Crippen LogP contribution in [0.25, 0.3) is 10.2 Å². The van der Waals surface area contributed by atoms with E-state index in [0.29, 0.717) is 0 Å². The van der Waals surface area contributed by atoms with Crippen molar-refractivity contribution in [1.82, 2.24) is 9.97 Å². The number of benzene rings is 1. The summed E-state index contributed by atoms with van der Waals surface area (Å²) in [5.74, 6) is 1.86. The molecule has 4 heteroatoms. The Labute approximate surface area is 135 Å². The molecule has 0 saturated heterocycles. The number of hydrogen-bond acceptors (Lipinski definition) is 4. The lowest BCUT2D eigenvalue weighted by molar-refractivity contribution is 0.956. The molecule has 0 spiro atoms. The maximum atomic E-state index is 4.68. The van der Waals surface area contributed by atoms with Crippen molar-refractivity contribution in [3.63, 3.8) is 0 Å². The summed E-state index contributed by atoms with van der Waals surface area (Å²) < 4.78 is 0. The van der Waals surface area contributed by atoms with Crippen LogP contribution >= 0.6 is 11.3 Å². The molecule has 0 amide bonds. The topological polar surface area (TPSA) is 37.8 Å². The van der Waals surface area contributed by atoms with Gasteiger partial charge >= 0.3 is 0 Å². The van der Waals surface area contributed by atoms with E-state index >= 15 is 0 Å². The normalized spacial score (nSPS) is 11.0. The van der Waals surface area contributed by atoms with Gasteiger partial charge < -0.3 is 5.32 Å². The number of aryl methyl sites for hydroxylation is 3. The highest BCUT2D eigenvalue weighted by Crippen LogP contribution is 2.29. The van der Waals surface area contributed by atoms with Gasteiger partial charge in [-0.1, -0.05) is 43.7 Å². The Morgan fingerprint density at radius 2 is 1.82 bits per heavy atom. The third-order valence-electron chi connectivity index (χ3n) is 3.74. The molecule has 22 heavy (non-hydrogen) atoms. The minimum atomic E-state index is 0.785. The molecule has 3 aromatic rings. The number of aromatic nitrogens is 2. The third kappa shape index (κ3) is 3.12. The minimum absolute atomic E-state index is 0.785. The second kappa shape index (κ2) is 6.44. The quantitative estimate of drug-likeness (QED) is 0.740. The van der Waals surface area contributed by atoms with Crippen molar-refractivity contribution in [3.8, 4) is 0 Å². The molecule has 0 aliphatic rings. The van der Waals surface area contributed by atoms with Gasteiger partial charge in [-0.25, -0.2) is 9.97 Å². The lowest BCUT2D eigenvalue weighted by Gasteiger charge is -2.08. The first kappa shape index (κ1) is 15.0. The standard InChI is InChI=1S/C18H21N3S/c1-4-14-10-15-17(20-16(5-2)21-18(15)22-14)19-11-13-8-6-12(3)7-9-13/h6-10H,4-5,11H2,1-3H3,(H,19,20,21). The zero-order chi connectivity index (χ0) is 15.5. The fourth-order valence-electron chi connectivity index (χ4n) is 2.37. The van der Waals surface area contributed by atoms with E-state index in [2.05, 4.69) is 66.4 Å². The van der Waals surface area contributed by atoms with Crippen molar-refractivity contribution in [2.45, 2.75) is 40.2 Å². The van der Waals surface area contributed by atoms with Crippen LogP contribution < -0.4 is 5.32 Å².